The van der Waals surface area contributed by atoms with Crippen molar-refractivity contribution in [2.45, 2.75) is 32.2 Å². The average molecular weight is 325 g/mol. The van der Waals surface area contributed by atoms with Gasteiger partial charge in [0.25, 0.3) is 0 Å². The zero-order chi connectivity index (χ0) is 13.7. The first-order valence-electron chi connectivity index (χ1n) is 6.97. The first-order valence-corrected chi connectivity index (χ1v) is 7.76. The third-order valence-corrected chi connectivity index (χ3v) is 3.97. The van der Waals surface area contributed by atoms with Crippen LogP contribution < -0.4 is 10.6 Å². The van der Waals surface area contributed by atoms with Gasteiger partial charge in [-0.2, -0.15) is 0 Å². The number of carbonyl (C=O) groups is 1. The van der Waals surface area contributed by atoms with Gasteiger partial charge in [0, 0.05) is 29.5 Å². The summed E-state index contributed by atoms with van der Waals surface area (Å²) in [4.78, 5) is 11.5. The summed E-state index contributed by atoms with van der Waals surface area (Å²) in [6.45, 7) is 3.69. The molecule has 1 aliphatic carbocycles. The molecular weight excluding hydrogens is 304 g/mol. The minimum Gasteiger partial charge on any atom is -0.355 e. The Morgan fingerprint density at radius 2 is 2.00 bits per heavy atom. The Bertz CT molecular complexity index is 415. The molecule has 1 aromatic rings. The number of benzene rings is 1. The molecular formula is C15H21BrN2O. The molecule has 4 heteroatoms. The second kappa shape index (κ2) is 7.06. The molecule has 0 aromatic heterocycles. The van der Waals surface area contributed by atoms with Gasteiger partial charge in [0.05, 0.1) is 0 Å². The highest BCUT2D eigenvalue weighted by atomic mass is 79.9. The Balaban J connectivity index is 1.72. The number of nitrogens with one attached hydrogen (secondary N) is 2. The van der Waals surface area contributed by atoms with Gasteiger partial charge in [0.1, 0.15) is 0 Å². The third-order valence-electron chi connectivity index (χ3n) is 3.44. The standard InChI is InChI=1S/C15H21BrN2O/c1-2-14(11-5-7-13(16)8-6-11)17-9-10-18-15(19)12-3-4-12/h5-8,12,14,17H,2-4,9-10H2,1H3,(H,18,19). The van der Waals surface area contributed by atoms with Crippen LogP contribution in [-0.4, -0.2) is 19.0 Å². The zero-order valence-corrected chi connectivity index (χ0v) is 12.9. The van der Waals surface area contributed by atoms with E-state index in [1.807, 2.05) is 0 Å². The van der Waals surface area contributed by atoms with Crippen LogP contribution in [0.4, 0.5) is 0 Å². The molecule has 0 radical (unpaired) electrons. The second-order valence-corrected chi connectivity index (χ2v) is 5.95. The second-order valence-electron chi connectivity index (χ2n) is 5.03. The van der Waals surface area contributed by atoms with Crippen molar-refractivity contribution < 1.29 is 4.79 Å². The van der Waals surface area contributed by atoms with Gasteiger partial charge >= 0.3 is 0 Å². The normalized spacial score (nSPS) is 16.1. The predicted octanol–water partition coefficient (Wildman–Crippen LogP) is 3.02. The molecule has 1 fully saturated rings. The van der Waals surface area contributed by atoms with Crippen molar-refractivity contribution in [3.05, 3.63) is 34.3 Å². The molecule has 2 N–H and O–H groups in total. The van der Waals surface area contributed by atoms with Gasteiger partial charge in [-0.25, -0.2) is 0 Å². The van der Waals surface area contributed by atoms with E-state index in [2.05, 4.69) is 57.8 Å². The fraction of sp³-hybridized carbons (Fsp3) is 0.533. The van der Waals surface area contributed by atoms with Gasteiger partial charge < -0.3 is 10.6 Å². The van der Waals surface area contributed by atoms with Gasteiger partial charge in [-0.3, -0.25) is 4.79 Å². The first kappa shape index (κ1) is 14.5. The topological polar surface area (TPSA) is 41.1 Å². The van der Waals surface area contributed by atoms with Crippen molar-refractivity contribution >= 4 is 21.8 Å². The molecule has 19 heavy (non-hydrogen) atoms. The Morgan fingerprint density at radius 1 is 1.32 bits per heavy atom. The van der Waals surface area contributed by atoms with Crippen LogP contribution in [0.2, 0.25) is 0 Å². The SMILES string of the molecule is CCC(NCCNC(=O)C1CC1)c1ccc(Br)cc1. The quantitative estimate of drug-likeness (QED) is 0.757. The maximum atomic E-state index is 11.5. The summed E-state index contributed by atoms with van der Waals surface area (Å²) in [7, 11) is 0. The Morgan fingerprint density at radius 3 is 2.58 bits per heavy atom. The van der Waals surface area contributed by atoms with Crippen molar-refractivity contribution in [3.63, 3.8) is 0 Å². The largest absolute Gasteiger partial charge is 0.355 e. The fourth-order valence-corrected chi connectivity index (χ4v) is 2.38. The summed E-state index contributed by atoms with van der Waals surface area (Å²) < 4.78 is 1.10. The van der Waals surface area contributed by atoms with Crippen LogP contribution >= 0.6 is 15.9 Å². The molecule has 3 nitrogen and oxygen atoms in total. The zero-order valence-electron chi connectivity index (χ0n) is 11.3. The molecule has 2 rings (SSSR count). The lowest BCUT2D eigenvalue weighted by Crippen LogP contribution is -2.34. The predicted molar refractivity (Wildman–Crippen MR) is 80.9 cm³/mol. The van der Waals surface area contributed by atoms with E-state index in [1.54, 1.807) is 0 Å². The van der Waals surface area contributed by atoms with Crippen molar-refractivity contribution in [3.8, 4) is 0 Å². The summed E-state index contributed by atoms with van der Waals surface area (Å²) >= 11 is 3.45. The van der Waals surface area contributed by atoms with Crippen LogP contribution in [-0.2, 0) is 4.79 Å². The molecule has 1 aliphatic rings. The van der Waals surface area contributed by atoms with E-state index in [0.717, 1.165) is 30.3 Å². The summed E-state index contributed by atoms with van der Waals surface area (Å²) in [5, 5.41) is 6.47. The Hall–Kier alpha value is -0.870. The lowest BCUT2D eigenvalue weighted by atomic mass is 10.0. The molecule has 1 amide bonds. The number of carbonyl (C=O) groups excluding carboxylic acids is 1. The monoisotopic (exact) mass is 324 g/mol. The number of rotatable bonds is 7. The van der Waals surface area contributed by atoms with Crippen molar-refractivity contribution in [1.29, 1.82) is 0 Å². The third kappa shape index (κ3) is 4.62. The van der Waals surface area contributed by atoms with E-state index in [0.29, 0.717) is 18.5 Å². The van der Waals surface area contributed by atoms with Gasteiger partial charge in [-0.1, -0.05) is 35.0 Å². The smallest absolute Gasteiger partial charge is 0.223 e. The number of amides is 1. The van der Waals surface area contributed by atoms with E-state index < -0.39 is 0 Å². The van der Waals surface area contributed by atoms with Crippen molar-refractivity contribution in [1.82, 2.24) is 10.6 Å². The minimum atomic E-state index is 0.221. The molecule has 0 heterocycles. The van der Waals surface area contributed by atoms with Gasteiger partial charge in [-0.05, 0) is 37.0 Å². The molecule has 104 valence electrons. The van der Waals surface area contributed by atoms with E-state index in [-0.39, 0.29) is 5.91 Å². The number of hydrogen-bond acceptors (Lipinski definition) is 2. The summed E-state index contributed by atoms with van der Waals surface area (Å²) in [6, 6.07) is 8.75. The maximum absolute atomic E-state index is 11.5. The Labute approximate surface area is 123 Å². The van der Waals surface area contributed by atoms with Gasteiger partial charge in [0.2, 0.25) is 5.91 Å². The van der Waals surface area contributed by atoms with Crippen molar-refractivity contribution in [2.75, 3.05) is 13.1 Å². The van der Waals surface area contributed by atoms with E-state index in [9.17, 15) is 4.79 Å². The van der Waals surface area contributed by atoms with Crippen LogP contribution in [0.3, 0.4) is 0 Å². The van der Waals surface area contributed by atoms with Crippen LogP contribution in [0.15, 0.2) is 28.7 Å². The lowest BCUT2D eigenvalue weighted by Gasteiger charge is -2.17. The lowest BCUT2D eigenvalue weighted by molar-refractivity contribution is -0.122. The van der Waals surface area contributed by atoms with Crippen LogP contribution in [0, 0.1) is 5.92 Å². The van der Waals surface area contributed by atoms with E-state index in [1.165, 1.54) is 5.56 Å². The highest BCUT2D eigenvalue weighted by Gasteiger charge is 2.28. The molecule has 0 aliphatic heterocycles. The number of halogens is 1. The van der Waals surface area contributed by atoms with E-state index >= 15 is 0 Å². The average Bonchev–Trinajstić information content (AvgIpc) is 3.24. The van der Waals surface area contributed by atoms with Gasteiger partial charge in [0.15, 0.2) is 0 Å². The van der Waals surface area contributed by atoms with Crippen LogP contribution in [0.25, 0.3) is 0 Å². The van der Waals surface area contributed by atoms with Crippen LogP contribution in [0.5, 0.6) is 0 Å². The first-order chi connectivity index (χ1) is 9.20. The summed E-state index contributed by atoms with van der Waals surface area (Å²) in [6.07, 6.45) is 3.17. The highest BCUT2D eigenvalue weighted by molar-refractivity contribution is 9.10. The maximum Gasteiger partial charge on any atom is 0.223 e. The minimum absolute atomic E-state index is 0.221. The molecule has 0 bridgehead atoms. The van der Waals surface area contributed by atoms with Crippen LogP contribution in [0.1, 0.15) is 37.8 Å². The molecule has 1 unspecified atom stereocenters. The Kier molecular flexibility index (Phi) is 5.40. The van der Waals surface area contributed by atoms with Crippen molar-refractivity contribution in [2.24, 2.45) is 5.92 Å². The van der Waals surface area contributed by atoms with E-state index in [4.69, 9.17) is 0 Å². The molecule has 1 atom stereocenters. The van der Waals surface area contributed by atoms with Gasteiger partial charge in [-0.15, -0.1) is 0 Å². The number of hydrogen-bond donors (Lipinski definition) is 2. The fourth-order valence-electron chi connectivity index (χ4n) is 2.11. The highest BCUT2D eigenvalue weighted by Crippen LogP contribution is 2.28. The molecule has 0 spiro atoms. The molecule has 1 saturated carbocycles. The summed E-state index contributed by atoms with van der Waals surface area (Å²) in [5.74, 6) is 0.520. The molecule has 1 aromatic carbocycles. The summed E-state index contributed by atoms with van der Waals surface area (Å²) in [5.41, 5.74) is 1.29. The molecule has 0 saturated heterocycles.